The largest absolute Gasteiger partial charge is 0.452 e. The van der Waals surface area contributed by atoms with Crippen molar-refractivity contribution in [1.29, 1.82) is 0 Å². The minimum atomic E-state index is -1.00. The molecule has 1 aliphatic carbocycles. The molecule has 0 N–H and O–H groups in total. The Morgan fingerprint density at radius 2 is 1.87 bits per heavy atom. The van der Waals surface area contributed by atoms with Gasteiger partial charge in [-0.1, -0.05) is 36.4 Å². The van der Waals surface area contributed by atoms with E-state index in [1.165, 1.54) is 12.7 Å². The van der Waals surface area contributed by atoms with Gasteiger partial charge in [-0.3, -0.25) is 9.11 Å². The third kappa shape index (κ3) is 3.19. The Kier molecular flexibility index (Phi) is 5.21. The average Bonchev–Trinajstić information content (AvgIpc) is 3.36. The van der Waals surface area contributed by atoms with Crippen molar-refractivity contribution in [3.63, 3.8) is 0 Å². The molecule has 1 aromatic heterocycles. The quantitative estimate of drug-likeness (QED) is 0.626. The highest BCUT2D eigenvalue weighted by Gasteiger charge is 2.42. The van der Waals surface area contributed by atoms with Gasteiger partial charge in [0.15, 0.2) is 0 Å². The van der Waals surface area contributed by atoms with Crippen molar-refractivity contribution < 1.29 is 13.7 Å². The van der Waals surface area contributed by atoms with Crippen LogP contribution in [-0.4, -0.2) is 45.7 Å². The summed E-state index contributed by atoms with van der Waals surface area (Å²) < 4.78 is 19.6. The molecule has 6 heteroatoms. The molecular formula is C24H26N2O3S. The van der Waals surface area contributed by atoms with Crippen LogP contribution in [0.5, 0.6) is 0 Å². The van der Waals surface area contributed by atoms with Crippen LogP contribution in [0.1, 0.15) is 30.1 Å². The molecule has 3 aromatic rings. The molecule has 156 valence electrons. The summed E-state index contributed by atoms with van der Waals surface area (Å²) in [6, 6.07) is 18.1. The van der Waals surface area contributed by atoms with Crippen molar-refractivity contribution in [2.24, 2.45) is 5.92 Å². The second-order valence-electron chi connectivity index (χ2n) is 8.11. The highest BCUT2D eigenvalue weighted by Crippen LogP contribution is 2.48. The number of fused-ring (bicyclic) bond motifs is 5. The first-order chi connectivity index (χ1) is 14.7. The zero-order valence-electron chi connectivity index (χ0n) is 17.1. The minimum absolute atomic E-state index is 0.275. The number of rotatable bonds is 4. The van der Waals surface area contributed by atoms with Crippen LogP contribution in [0.3, 0.4) is 0 Å². The maximum Gasteiger partial charge on any atom is 0.418 e. The van der Waals surface area contributed by atoms with Gasteiger partial charge in [0.2, 0.25) is 0 Å². The standard InChI is InChI=1S/C24H26N2O3S/c1-29-24(27)26-20-10-6-5-9-19(20)22-21(26)12-11-17-13-14-25(23(17)22)15-16-30(28)18-7-3-2-4-8-18/h2-10,17,23H,11-16H2,1H3/t17-,23+,30?/m0/s1. The van der Waals surface area contributed by atoms with E-state index in [4.69, 9.17) is 4.74 Å². The number of nitrogens with zero attached hydrogens (tertiary/aromatic N) is 2. The van der Waals surface area contributed by atoms with Crippen molar-refractivity contribution in [2.45, 2.75) is 30.2 Å². The van der Waals surface area contributed by atoms with Crippen molar-refractivity contribution >= 4 is 27.8 Å². The Labute approximate surface area is 179 Å². The fraction of sp³-hybridized carbons (Fsp3) is 0.375. The van der Waals surface area contributed by atoms with E-state index in [1.54, 1.807) is 4.57 Å². The number of methoxy groups -OCH3 is 1. The van der Waals surface area contributed by atoms with Gasteiger partial charge >= 0.3 is 6.09 Å². The average molecular weight is 423 g/mol. The van der Waals surface area contributed by atoms with Crippen LogP contribution in [0, 0.1) is 5.92 Å². The number of benzene rings is 2. The summed E-state index contributed by atoms with van der Waals surface area (Å²) in [6.07, 6.45) is 2.80. The van der Waals surface area contributed by atoms with E-state index in [0.717, 1.165) is 53.8 Å². The lowest BCUT2D eigenvalue weighted by molar-refractivity contribution is 0.172. The molecule has 3 atom stereocenters. The van der Waals surface area contributed by atoms with E-state index in [0.29, 0.717) is 11.7 Å². The molecule has 1 unspecified atom stereocenters. The van der Waals surface area contributed by atoms with Gasteiger partial charge in [-0.25, -0.2) is 9.36 Å². The number of hydrogen-bond donors (Lipinski definition) is 0. The second-order valence-corrected chi connectivity index (χ2v) is 9.68. The first kappa shape index (κ1) is 19.5. The summed E-state index contributed by atoms with van der Waals surface area (Å²) >= 11 is 0. The molecule has 5 nitrogen and oxygen atoms in total. The molecule has 1 saturated heterocycles. The maximum absolute atomic E-state index is 12.8. The normalized spacial score (nSPS) is 21.9. The molecule has 0 spiro atoms. The van der Waals surface area contributed by atoms with Crippen LogP contribution in [0.2, 0.25) is 0 Å². The fourth-order valence-electron chi connectivity index (χ4n) is 5.30. The first-order valence-electron chi connectivity index (χ1n) is 10.6. The van der Waals surface area contributed by atoms with Crippen LogP contribution in [0.15, 0.2) is 59.5 Å². The second kappa shape index (κ2) is 8.00. The van der Waals surface area contributed by atoms with Gasteiger partial charge < -0.3 is 4.74 Å². The molecule has 0 bridgehead atoms. The van der Waals surface area contributed by atoms with E-state index in [2.05, 4.69) is 11.0 Å². The van der Waals surface area contributed by atoms with Crippen LogP contribution in [0.4, 0.5) is 4.79 Å². The molecule has 2 aliphatic rings. The number of carbonyl (C=O) groups is 1. The molecule has 1 aliphatic heterocycles. The monoisotopic (exact) mass is 422 g/mol. The summed E-state index contributed by atoms with van der Waals surface area (Å²) in [6.45, 7) is 1.80. The zero-order valence-corrected chi connectivity index (χ0v) is 17.9. The lowest BCUT2D eigenvalue weighted by Gasteiger charge is -2.33. The van der Waals surface area contributed by atoms with Crippen LogP contribution < -0.4 is 0 Å². The molecule has 0 saturated carbocycles. The van der Waals surface area contributed by atoms with E-state index < -0.39 is 10.8 Å². The van der Waals surface area contributed by atoms with Gasteiger partial charge in [-0.2, -0.15) is 0 Å². The lowest BCUT2D eigenvalue weighted by Crippen LogP contribution is -2.32. The van der Waals surface area contributed by atoms with Gasteiger partial charge in [-0.15, -0.1) is 0 Å². The van der Waals surface area contributed by atoms with Crippen molar-refractivity contribution in [3.05, 3.63) is 65.9 Å². The first-order valence-corrected chi connectivity index (χ1v) is 11.9. The predicted molar refractivity (Wildman–Crippen MR) is 118 cm³/mol. The van der Waals surface area contributed by atoms with E-state index in [9.17, 15) is 9.00 Å². The third-order valence-electron chi connectivity index (χ3n) is 6.62. The molecule has 0 amide bonds. The Balaban J connectivity index is 1.48. The van der Waals surface area contributed by atoms with Crippen molar-refractivity contribution in [1.82, 2.24) is 9.47 Å². The molecule has 5 rings (SSSR count). The number of aromatic nitrogens is 1. The Hall–Kier alpha value is -2.44. The van der Waals surface area contributed by atoms with Gasteiger partial charge in [0.1, 0.15) is 0 Å². The Bertz CT molecular complexity index is 1110. The lowest BCUT2D eigenvalue weighted by atomic mass is 9.82. The Morgan fingerprint density at radius 3 is 2.67 bits per heavy atom. The number of para-hydroxylation sites is 1. The minimum Gasteiger partial charge on any atom is -0.452 e. The molecular weight excluding hydrogens is 396 g/mol. The van der Waals surface area contributed by atoms with Gasteiger partial charge in [0.25, 0.3) is 0 Å². The van der Waals surface area contributed by atoms with Gasteiger partial charge in [-0.05, 0) is 55.5 Å². The SMILES string of the molecule is COC(=O)n1c2c(c3ccccc31)[C@H]1[C@@H](CC2)CCN1CCS(=O)c1ccccc1. The molecule has 0 radical (unpaired) electrons. The summed E-state index contributed by atoms with van der Waals surface area (Å²) in [4.78, 5) is 16.0. The topological polar surface area (TPSA) is 51.5 Å². The molecule has 30 heavy (non-hydrogen) atoms. The van der Waals surface area contributed by atoms with E-state index >= 15 is 0 Å². The van der Waals surface area contributed by atoms with Gasteiger partial charge in [0.05, 0.1) is 23.4 Å². The molecule has 2 heterocycles. The number of carbonyl (C=O) groups excluding carboxylic acids is 1. The van der Waals surface area contributed by atoms with Gasteiger partial charge in [0, 0.05) is 34.3 Å². The smallest absolute Gasteiger partial charge is 0.418 e. The summed E-state index contributed by atoms with van der Waals surface area (Å²) in [5.74, 6) is 1.21. The fourth-order valence-corrected chi connectivity index (χ4v) is 6.40. The zero-order chi connectivity index (χ0) is 20.7. The summed E-state index contributed by atoms with van der Waals surface area (Å²) in [7, 11) is 0.439. The summed E-state index contributed by atoms with van der Waals surface area (Å²) in [5.41, 5.74) is 3.28. The van der Waals surface area contributed by atoms with Crippen molar-refractivity contribution in [2.75, 3.05) is 26.0 Å². The summed E-state index contributed by atoms with van der Waals surface area (Å²) in [5, 5.41) is 1.14. The third-order valence-corrected chi connectivity index (χ3v) is 7.97. The van der Waals surface area contributed by atoms with Crippen LogP contribution in [-0.2, 0) is 22.0 Å². The van der Waals surface area contributed by atoms with Crippen LogP contribution in [0.25, 0.3) is 10.9 Å². The maximum atomic E-state index is 12.8. The molecule has 2 aromatic carbocycles. The number of ether oxygens (including phenoxy) is 1. The Morgan fingerprint density at radius 1 is 1.10 bits per heavy atom. The number of likely N-dealkylation sites (tertiary alicyclic amines) is 1. The predicted octanol–water partition coefficient (Wildman–Crippen LogP) is 4.37. The van der Waals surface area contributed by atoms with E-state index in [-0.39, 0.29) is 12.1 Å². The van der Waals surface area contributed by atoms with Crippen molar-refractivity contribution in [3.8, 4) is 0 Å². The highest BCUT2D eigenvalue weighted by atomic mass is 32.2. The molecule has 1 fully saturated rings. The van der Waals surface area contributed by atoms with E-state index in [1.807, 2.05) is 48.5 Å². The van der Waals surface area contributed by atoms with Crippen LogP contribution >= 0.6 is 0 Å². The highest BCUT2D eigenvalue weighted by molar-refractivity contribution is 7.85. The number of hydrogen-bond acceptors (Lipinski definition) is 4.